The molecular formula is C24H28O4. The van der Waals surface area contributed by atoms with Crippen molar-refractivity contribution in [2.24, 2.45) is 0 Å². The van der Waals surface area contributed by atoms with Crippen molar-refractivity contribution in [3.05, 3.63) is 59.7 Å². The van der Waals surface area contributed by atoms with E-state index in [-0.39, 0.29) is 5.75 Å². The minimum atomic E-state index is -0.470. The molecule has 0 fully saturated rings. The maximum absolute atomic E-state index is 12.3. The van der Waals surface area contributed by atoms with Gasteiger partial charge in [-0.05, 0) is 34.7 Å². The Kier molecular flexibility index (Phi) is 7.44. The second-order valence-corrected chi connectivity index (χ2v) is 5.78. The zero-order valence-electron chi connectivity index (χ0n) is 17.2. The number of methoxy groups -OCH3 is 1. The normalized spacial score (nSPS) is 11.3. The molecule has 0 aromatic heterocycles. The van der Waals surface area contributed by atoms with Crippen molar-refractivity contribution >= 4 is 16.7 Å². The van der Waals surface area contributed by atoms with Gasteiger partial charge >= 0.3 is 5.97 Å². The van der Waals surface area contributed by atoms with Gasteiger partial charge in [-0.3, -0.25) is 0 Å². The van der Waals surface area contributed by atoms with Gasteiger partial charge in [0.15, 0.2) is 0 Å². The van der Waals surface area contributed by atoms with Crippen molar-refractivity contribution in [1.29, 1.82) is 0 Å². The molecule has 3 aromatic rings. The average Bonchev–Trinajstić information content (AvgIpc) is 3.23. The van der Waals surface area contributed by atoms with Crippen LogP contribution < -0.4 is 4.74 Å². The van der Waals surface area contributed by atoms with Crippen LogP contribution in [0.15, 0.2) is 48.5 Å². The van der Waals surface area contributed by atoms with Crippen molar-refractivity contribution in [1.82, 2.24) is 0 Å². The Morgan fingerprint density at radius 2 is 1.68 bits per heavy atom. The molecule has 3 aromatic carbocycles. The van der Waals surface area contributed by atoms with Crippen LogP contribution in [0.4, 0.5) is 0 Å². The summed E-state index contributed by atoms with van der Waals surface area (Å²) in [6, 6.07) is 15.0. The fraction of sp³-hybridized carbons (Fsp3) is 0.292. The van der Waals surface area contributed by atoms with E-state index in [9.17, 15) is 9.90 Å². The first-order valence-corrected chi connectivity index (χ1v) is 9.78. The third-order valence-corrected chi connectivity index (χ3v) is 4.39. The molecule has 1 heterocycles. The maximum Gasteiger partial charge on any atom is 0.338 e. The van der Waals surface area contributed by atoms with Gasteiger partial charge in [0.2, 0.25) is 0 Å². The Bertz CT molecular complexity index is 946. The Morgan fingerprint density at radius 1 is 1.00 bits per heavy atom. The largest absolute Gasteiger partial charge is 0.507 e. The van der Waals surface area contributed by atoms with E-state index in [1.165, 1.54) is 13.2 Å². The fourth-order valence-corrected chi connectivity index (χ4v) is 3.26. The molecule has 4 nitrogen and oxygen atoms in total. The van der Waals surface area contributed by atoms with E-state index in [1.807, 2.05) is 70.2 Å². The number of aromatic hydroxyl groups is 1. The smallest absolute Gasteiger partial charge is 0.338 e. The van der Waals surface area contributed by atoms with Crippen LogP contribution >= 0.6 is 0 Å². The highest BCUT2D eigenvalue weighted by Gasteiger charge is 2.22. The van der Waals surface area contributed by atoms with Crippen LogP contribution in [-0.4, -0.2) is 24.8 Å². The second-order valence-electron chi connectivity index (χ2n) is 5.78. The van der Waals surface area contributed by atoms with Crippen molar-refractivity contribution < 1.29 is 19.4 Å². The summed E-state index contributed by atoms with van der Waals surface area (Å²) in [7, 11) is 1.34. The molecule has 0 aliphatic carbocycles. The first-order chi connectivity index (χ1) is 13.7. The predicted molar refractivity (Wildman–Crippen MR) is 114 cm³/mol. The minimum absolute atomic E-state index is 0.0448. The lowest BCUT2D eigenvalue weighted by Gasteiger charge is -2.15. The van der Waals surface area contributed by atoms with Crippen molar-refractivity contribution in [2.45, 2.75) is 34.1 Å². The van der Waals surface area contributed by atoms with E-state index in [0.717, 1.165) is 34.2 Å². The van der Waals surface area contributed by atoms with Gasteiger partial charge in [0.25, 0.3) is 0 Å². The van der Waals surface area contributed by atoms with Crippen molar-refractivity contribution in [2.75, 3.05) is 13.7 Å². The molecule has 0 radical (unpaired) electrons. The summed E-state index contributed by atoms with van der Waals surface area (Å²) in [6.45, 7) is 8.64. The monoisotopic (exact) mass is 380 g/mol. The molecule has 1 aliphatic rings. The van der Waals surface area contributed by atoms with E-state index in [0.29, 0.717) is 17.6 Å². The SMILES string of the molecule is CC.CC.COC(=O)c1cc(O)c2cc3c(cc2c1-c1ccccc1)CCO3. The number of phenols is 1. The molecule has 4 rings (SSSR count). The number of carbonyl (C=O) groups is 1. The van der Waals surface area contributed by atoms with Crippen LogP contribution in [-0.2, 0) is 11.2 Å². The number of hydrogen-bond acceptors (Lipinski definition) is 4. The molecule has 0 unspecified atom stereocenters. The molecule has 0 bridgehead atoms. The average molecular weight is 380 g/mol. The number of benzene rings is 3. The molecule has 0 spiro atoms. The molecule has 148 valence electrons. The van der Waals surface area contributed by atoms with Crippen LogP contribution in [0.2, 0.25) is 0 Å². The predicted octanol–water partition coefficient (Wildman–Crippen LogP) is 5.99. The van der Waals surface area contributed by atoms with Gasteiger partial charge < -0.3 is 14.6 Å². The first kappa shape index (κ1) is 21.3. The number of fused-ring (bicyclic) bond motifs is 2. The molecule has 0 atom stereocenters. The summed E-state index contributed by atoms with van der Waals surface area (Å²) < 4.78 is 10.5. The molecule has 0 saturated heterocycles. The van der Waals surface area contributed by atoms with Crippen LogP contribution in [0.3, 0.4) is 0 Å². The number of phenolic OH excluding ortho intramolecular Hbond substituents is 1. The van der Waals surface area contributed by atoms with Crippen molar-refractivity contribution in [3.63, 3.8) is 0 Å². The molecule has 0 saturated carbocycles. The quantitative estimate of drug-likeness (QED) is 0.555. The molecule has 4 heteroatoms. The van der Waals surface area contributed by atoms with Crippen molar-refractivity contribution in [3.8, 4) is 22.6 Å². The Hall–Kier alpha value is -3.01. The van der Waals surface area contributed by atoms with E-state index in [4.69, 9.17) is 9.47 Å². The lowest BCUT2D eigenvalue weighted by molar-refractivity contribution is 0.0601. The maximum atomic E-state index is 12.3. The van der Waals surface area contributed by atoms with Gasteiger partial charge in [0.1, 0.15) is 11.5 Å². The summed E-state index contributed by atoms with van der Waals surface area (Å²) in [6.07, 6.45) is 0.822. The van der Waals surface area contributed by atoms with E-state index < -0.39 is 5.97 Å². The summed E-state index contributed by atoms with van der Waals surface area (Å²) in [4.78, 5) is 12.3. The van der Waals surface area contributed by atoms with E-state index in [2.05, 4.69) is 0 Å². The van der Waals surface area contributed by atoms with Crippen LogP contribution in [0.5, 0.6) is 11.5 Å². The summed E-state index contributed by atoms with van der Waals surface area (Å²) >= 11 is 0. The fourth-order valence-electron chi connectivity index (χ4n) is 3.26. The lowest BCUT2D eigenvalue weighted by atomic mass is 9.91. The number of carbonyl (C=O) groups excluding carboxylic acids is 1. The number of rotatable bonds is 2. The molecule has 1 N–H and O–H groups in total. The molecule has 1 aliphatic heterocycles. The lowest BCUT2D eigenvalue weighted by Crippen LogP contribution is -2.04. The highest BCUT2D eigenvalue weighted by molar-refractivity contribution is 6.10. The standard InChI is InChI=1S/C20H16O4.2C2H6/c1-23-20(22)16-10-17(21)14-11-18-13(7-8-24-18)9-15(14)19(16)12-5-3-2-4-6-12;2*1-2/h2-6,9-11,21H,7-8H2,1H3;2*1-2H3. The highest BCUT2D eigenvalue weighted by atomic mass is 16.5. The van der Waals surface area contributed by atoms with Crippen LogP contribution in [0, 0.1) is 0 Å². The van der Waals surface area contributed by atoms with Crippen LogP contribution in [0.1, 0.15) is 43.6 Å². The number of esters is 1. The number of hydrogen-bond donors (Lipinski definition) is 1. The Labute approximate surface area is 166 Å². The third kappa shape index (κ3) is 3.96. The van der Waals surface area contributed by atoms with Gasteiger partial charge in [-0.15, -0.1) is 0 Å². The Morgan fingerprint density at radius 3 is 2.32 bits per heavy atom. The van der Waals surface area contributed by atoms with Gasteiger partial charge in [0.05, 0.1) is 19.3 Å². The van der Waals surface area contributed by atoms with E-state index in [1.54, 1.807) is 0 Å². The van der Waals surface area contributed by atoms with Gasteiger partial charge in [-0.2, -0.15) is 0 Å². The van der Waals surface area contributed by atoms with Gasteiger partial charge in [-0.25, -0.2) is 4.79 Å². The first-order valence-electron chi connectivity index (χ1n) is 9.78. The van der Waals surface area contributed by atoms with Crippen LogP contribution in [0.25, 0.3) is 21.9 Å². The zero-order chi connectivity index (χ0) is 20.7. The molecular weight excluding hydrogens is 352 g/mol. The molecule has 0 amide bonds. The third-order valence-electron chi connectivity index (χ3n) is 4.39. The molecule has 28 heavy (non-hydrogen) atoms. The highest BCUT2D eigenvalue weighted by Crippen LogP contribution is 2.41. The summed E-state index contributed by atoms with van der Waals surface area (Å²) in [5.41, 5.74) is 3.11. The minimum Gasteiger partial charge on any atom is -0.507 e. The zero-order valence-corrected chi connectivity index (χ0v) is 17.2. The number of ether oxygens (including phenoxy) is 2. The topological polar surface area (TPSA) is 55.8 Å². The van der Waals surface area contributed by atoms with Gasteiger partial charge in [0, 0.05) is 17.4 Å². The summed E-state index contributed by atoms with van der Waals surface area (Å²) in [5, 5.41) is 11.9. The van der Waals surface area contributed by atoms with Gasteiger partial charge in [-0.1, -0.05) is 58.0 Å². The van der Waals surface area contributed by atoms with E-state index >= 15 is 0 Å². The Balaban J connectivity index is 0.000000660. The second kappa shape index (κ2) is 9.79. The summed E-state index contributed by atoms with van der Waals surface area (Å²) in [5.74, 6) is 0.369.